The number of hydrogen-bond donors (Lipinski definition) is 1. The monoisotopic (exact) mass is 416 g/mol. The van der Waals surface area contributed by atoms with Crippen LogP contribution in [0.2, 0.25) is 0 Å². The van der Waals surface area contributed by atoms with E-state index in [1.54, 1.807) is 14.2 Å². The molecule has 29 heavy (non-hydrogen) atoms. The van der Waals surface area contributed by atoms with Crippen LogP contribution in [0.3, 0.4) is 0 Å². The molecule has 170 valence electrons. The van der Waals surface area contributed by atoms with E-state index in [9.17, 15) is 14.4 Å². The summed E-state index contributed by atoms with van der Waals surface area (Å²) in [4.78, 5) is 42.4. The molecule has 0 aliphatic heterocycles. The summed E-state index contributed by atoms with van der Waals surface area (Å²) in [5.41, 5.74) is 4.93. The molecule has 0 saturated heterocycles. The molecule has 0 fully saturated rings. The molecule has 3 amide bonds. The van der Waals surface area contributed by atoms with Gasteiger partial charge in [0.2, 0.25) is 17.7 Å². The number of primary amides is 1. The Balaban J connectivity index is 5.49. The summed E-state index contributed by atoms with van der Waals surface area (Å²) >= 11 is 0. The smallest absolute Gasteiger partial charge is 0.248 e. The van der Waals surface area contributed by atoms with Gasteiger partial charge in [-0.15, -0.1) is 0 Å². The molecule has 9 heteroatoms. The van der Waals surface area contributed by atoms with Crippen molar-refractivity contribution in [3.8, 4) is 0 Å². The number of nitrogens with two attached hydrogens (primary N) is 1. The average Bonchev–Trinajstić information content (AvgIpc) is 2.64. The van der Waals surface area contributed by atoms with E-state index in [1.807, 2.05) is 39.8 Å². The molecule has 2 atom stereocenters. The van der Waals surface area contributed by atoms with E-state index in [-0.39, 0.29) is 18.9 Å². The first-order chi connectivity index (χ1) is 13.4. The first-order valence-corrected chi connectivity index (χ1v) is 9.97. The summed E-state index contributed by atoms with van der Waals surface area (Å²) in [5.74, 6) is -1.17. The van der Waals surface area contributed by atoms with Gasteiger partial charge in [-0.05, 0) is 34.4 Å². The summed E-state index contributed by atoms with van der Waals surface area (Å²) in [5, 5.41) is 0. The highest BCUT2D eigenvalue weighted by Crippen LogP contribution is 2.20. The number of hydrogen-bond acceptors (Lipinski definition) is 6. The Morgan fingerprint density at radius 1 is 1.03 bits per heavy atom. The average molecular weight is 417 g/mol. The SMILES string of the molecule is CCCC(=O)N(C)[C@H](COCCN(C)C)C(=O)N(C)[C@@H](CC(C)(C)OC)C(N)=O. The molecule has 0 saturated carbocycles. The van der Waals surface area contributed by atoms with E-state index >= 15 is 0 Å². The fraction of sp³-hybridized carbons (Fsp3) is 0.850. The quantitative estimate of drug-likeness (QED) is 0.409. The fourth-order valence-corrected chi connectivity index (χ4v) is 2.72. The summed E-state index contributed by atoms with van der Waals surface area (Å²) in [6, 6.07) is -1.70. The van der Waals surface area contributed by atoms with Crippen LogP contribution >= 0.6 is 0 Å². The van der Waals surface area contributed by atoms with Gasteiger partial charge >= 0.3 is 0 Å². The molecule has 0 unspecified atom stereocenters. The number of rotatable bonds is 14. The summed E-state index contributed by atoms with van der Waals surface area (Å²) < 4.78 is 11.1. The van der Waals surface area contributed by atoms with Crippen molar-refractivity contribution >= 4 is 17.7 Å². The molecular weight excluding hydrogens is 376 g/mol. The zero-order chi connectivity index (χ0) is 22.8. The first-order valence-electron chi connectivity index (χ1n) is 9.97. The predicted molar refractivity (Wildman–Crippen MR) is 112 cm³/mol. The molecule has 0 spiro atoms. The summed E-state index contributed by atoms with van der Waals surface area (Å²) in [6.07, 6.45) is 1.24. The van der Waals surface area contributed by atoms with Crippen LogP contribution in [0, 0.1) is 0 Å². The van der Waals surface area contributed by atoms with E-state index in [4.69, 9.17) is 15.2 Å². The maximum Gasteiger partial charge on any atom is 0.248 e. The second-order valence-corrected chi connectivity index (χ2v) is 8.18. The van der Waals surface area contributed by atoms with Crippen molar-refractivity contribution in [3.05, 3.63) is 0 Å². The van der Waals surface area contributed by atoms with Crippen molar-refractivity contribution in [2.45, 2.75) is 57.7 Å². The molecule has 0 heterocycles. The predicted octanol–water partition coefficient (Wildman–Crippen LogP) is 0.319. The Kier molecular flexibility index (Phi) is 12.0. The lowest BCUT2D eigenvalue weighted by molar-refractivity contribution is -0.150. The summed E-state index contributed by atoms with van der Waals surface area (Å²) in [7, 11) is 8.49. The van der Waals surface area contributed by atoms with Crippen molar-refractivity contribution in [2.75, 3.05) is 55.1 Å². The number of likely N-dealkylation sites (N-methyl/N-ethyl adjacent to an activating group) is 3. The van der Waals surface area contributed by atoms with E-state index in [0.29, 0.717) is 26.0 Å². The van der Waals surface area contributed by atoms with Crippen LogP contribution in [0.5, 0.6) is 0 Å². The Labute approximate surface area is 175 Å². The molecule has 9 nitrogen and oxygen atoms in total. The van der Waals surface area contributed by atoms with Crippen molar-refractivity contribution in [3.63, 3.8) is 0 Å². The van der Waals surface area contributed by atoms with Gasteiger partial charge in [-0.2, -0.15) is 0 Å². The fourth-order valence-electron chi connectivity index (χ4n) is 2.72. The Morgan fingerprint density at radius 2 is 1.62 bits per heavy atom. The maximum atomic E-state index is 13.2. The largest absolute Gasteiger partial charge is 0.379 e. The minimum atomic E-state index is -0.864. The molecule has 2 N–H and O–H groups in total. The lowest BCUT2D eigenvalue weighted by Crippen LogP contribution is -2.56. The molecule has 0 aromatic rings. The van der Waals surface area contributed by atoms with Crippen molar-refractivity contribution in [1.29, 1.82) is 0 Å². The van der Waals surface area contributed by atoms with Gasteiger partial charge in [-0.1, -0.05) is 6.92 Å². The van der Waals surface area contributed by atoms with E-state index in [2.05, 4.69) is 0 Å². The van der Waals surface area contributed by atoms with Gasteiger partial charge in [0.15, 0.2) is 0 Å². The van der Waals surface area contributed by atoms with Gasteiger partial charge in [-0.25, -0.2) is 0 Å². The normalized spacial score (nSPS) is 13.8. The van der Waals surface area contributed by atoms with Crippen molar-refractivity contribution in [1.82, 2.24) is 14.7 Å². The topological polar surface area (TPSA) is 105 Å². The second-order valence-electron chi connectivity index (χ2n) is 8.18. The van der Waals surface area contributed by atoms with Crippen LogP contribution < -0.4 is 5.73 Å². The highest BCUT2D eigenvalue weighted by Gasteiger charge is 2.36. The summed E-state index contributed by atoms with van der Waals surface area (Å²) in [6.45, 7) is 6.70. The highest BCUT2D eigenvalue weighted by atomic mass is 16.5. The number of nitrogens with zero attached hydrogens (tertiary/aromatic N) is 3. The zero-order valence-electron chi connectivity index (χ0n) is 19.4. The third-order valence-corrected chi connectivity index (χ3v) is 4.95. The highest BCUT2D eigenvalue weighted by molar-refractivity contribution is 5.91. The van der Waals surface area contributed by atoms with Gasteiger partial charge in [0.05, 0.1) is 18.8 Å². The van der Waals surface area contributed by atoms with Crippen LogP contribution in [0.25, 0.3) is 0 Å². The minimum absolute atomic E-state index is 0.0438. The molecule has 0 bridgehead atoms. The Morgan fingerprint density at radius 3 is 2.07 bits per heavy atom. The van der Waals surface area contributed by atoms with Crippen LogP contribution in [-0.4, -0.2) is 105 Å². The van der Waals surface area contributed by atoms with Gasteiger partial charge in [-0.3, -0.25) is 14.4 Å². The molecule has 0 aliphatic rings. The standard InChI is InChI=1S/C20H40N4O5/c1-9-10-17(25)23(6)16(14-29-12-11-22(4)5)19(27)24(7)15(18(21)26)13-20(2,3)28-8/h15-16H,9-14H2,1-8H3,(H2,21,26)/t15-,16+/m0/s1. The minimum Gasteiger partial charge on any atom is -0.379 e. The van der Waals surface area contributed by atoms with Crippen LogP contribution in [0.1, 0.15) is 40.0 Å². The zero-order valence-corrected chi connectivity index (χ0v) is 19.4. The Bertz CT molecular complexity index is 539. The molecule has 0 aromatic heterocycles. The maximum absolute atomic E-state index is 13.2. The molecule has 0 radical (unpaired) electrons. The van der Waals surface area contributed by atoms with E-state index in [1.165, 1.54) is 16.8 Å². The van der Waals surface area contributed by atoms with Gasteiger partial charge in [0.1, 0.15) is 12.1 Å². The number of carbonyl (C=O) groups is 3. The van der Waals surface area contributed by atoms with Gasteiger partial charge < -0.3 is 29.9 Å². The molecule has 0 aromatic carbocycles. The lowest BCUT2D eigenvalue weighted by Gasteiger charge is -2.36. The first kappa shape index (κ1) is 27.3. The van der Waals surface area contributed by atoms with Crippen molar-refractivity contribution < 1.29 is 23.9 Å². The van der Waals surface area contributed by atoms with Gasteiger partial charge in [0, 0.05) is 40.6 Å². The van der Waals surface area contributed by atoms with Crippen molar-refractivity contribution in [2.24, 2.45) is 5.73 Å². The second kappa shape index (κ2) is 12.8. The molecule has 0 rings (SSSR count). The number of carbonyl (C=O) groups excluding carboxylic acids is 3. The third kappa shape index (κ3) is 9.56. The molecule has 0 aliphatic carbocycles. The van der Waals surface area contributed by atoms with E-state index in [0.717, 1.165) is 0 Å². The van der Waals surface area contributed by atoms with Crippen LogP contribution in [0.4, 0.5) is 0 Å². The number of amides is 3. The number of methoxy groups -OCH3 is 1. The van der Waals surface area contributed by atoms with E-state index < -0.39 is 29.5 Å². The van der Waals surface area contributed by atoms with Crippen LogP contribution in [0.15, 0.2) is 0 Å². The number of ether oxygens (including phenoxy) is 2. The lowest BCUT2D eigenvalue weighted by atomic mass is 9.97. The Hall–Kier alpha value is -1.71. The van der Waals surface area contributed by atoms with Crippen LogP contribution in [-0.2, 0) is 23.9 Å². The van der Waals surface area contributed by atoms with Gasteiger partial charge in [0.25, 0.3) is 0 Å². The molecular formula is C20H40N4O5. The third-order valence-electron chi connectivity index (χ3n) is 4.95.